The lowest BCUT2D eigenvalue weighted by Gasteiger charge is -2.29. The molecule has 6 nitrogen and oxygen atoms in total. The molecule has 1 aromatic carbocycles. The fourth-order valence-electron chi connectivity index (χ4n) is 3.25. The monoisotopic (exact) mass is 337 g/mol. The largest absolute Gasteiger partial charge is 0.465 e. The van der Waals surface area contributed by atoms with Crippen LogP contribution in [0.3, 0.4) is 0 Å². The maximum atomic E-state index is 12.8. The fourth-order valence-corrected chi connectivity index (χ4v) is 3.25. The zero-order valence-corrected chi connectivity index (χ0v) is 13.8. The van der Waals surface area contributed by atoms with Gasteiger partial charge in [0, 0.05) is 18.7 Å². The smallest absolute Gasteiger partial charge is 0.262 e. The Hall–Kier alpha value is -2.86. The van der Waals surface area contributed by atoms with Crippen LogP contribution in [0.25, 0.3) is 16.5 Å². The molecule has 0 saturated heterocycles. The molecule has 0 bridgehead atoms. The van der Waals surface area contributed by atoms with E-state index in [1.165, 1.54) is 0 Å². The molecule has 4 rings (SSSR count). The Balaban J connectivity index is 1.79. The van der Waals surface area contributed by atoms with Gasteiger partial charge in [-0.1, -0.05) is 18.2 Å². The number of aliphatic hydroxyl groups is 1. The second-order valence-electron chi connectivity index (χ2n) is 6.03. The quantitative estimate of drug-likeness (QED) is 0.791. The first-order valence-electron chi connectivity index (χ1n) is 8.36. The molecule has 0 fully saturated rings. The zero-order valence-electron chi connectivity index (χ0n) is 13.8. The van der Waals surface area contributed by atoms with E-state index in [-0.39, 0.29) is 18.7 Å². The summed E-state index contributed by atoms with van der Waals surface area (Å²) in [6, 6.07) is 11.1. The van der Waals surface area contributed by atoms with Crippen molar-refractivity contribution in [2.24, 2.45) is 0 Å². The van der Waals surface area contributed by atoms with Crippen molar-refractivity contribution in [2.45, 2.75) is 13.0 Å². The van der Waals surface area contributed by atoms with Gasteiger partial charge in [-0.15, -0.1) is 0 Å². The van der Waals surface area contributed by atoms with Crippen molar-refractivity contribution in [1.82, 2.24) is 9.55 Å². The first kappa shape index (κ1) is 15.7. The number of para-hydroxylation sites is 1. The number of aromatic nitrogens is 2. The van der Waals surface area contributed by atoms with Crippen molar-refractivity contribution >= 4 is 22.4 Å². The molecule has 25 heavy (non-hydrogen) atoms. The SMILES string of the molecule is O=c1c2ccccc2nc(N2CCC=C(c3ccco3)C2)n1CCO. The molecule has 0 spiro atoms. The molecule has 6 heteroatoms. The van der Waals surface area contributed by atoms with Gasteiger partial charge in [0.25, 0.3) is 5.56 Å². The van der Waals surface area contributed by atoms with Gasteiger partial charge in [-0.25, -0.2) is 4.98 Å². The fraction of sp³-hybridized carbons (Fsp3) is 0.263. The molecule has 0 amide bonds. The van der Waals surface area contributed by atoms with E-state index in [0.717, 1.165) is 24.3 Å². The Morgan fingerprint density at radius 3 is 2.88 bits per heavy atom. The number of aliphatic hydroxyl groups excluding tert-OH is 1. The van der Waals surface area contributed by atoms with Crippen LogP contribution in [0, 0.1) is 0 Å². The third kappa shape index (κ3) is 2.85. The normalized spacial score (nSPS) is 14.8. The highest BCUT2D eigenvalue weighted by Gasteiger charge is 2.21. The summed E-state index contributed by atoms with van der Waals surface area (Å²) >= 11 is 0. The molecule has 3 aromatic rings. The van der Waals surface area contributed by atoms with Crippen molar-refractivity contribution in [3.05, 3.63) is 64.9 Å². The van der Waals surface area contributed by atoms with Crippen molar-refractivity contribution in [3.63, 3.8) is 0 Å². The number of rotatable bonds is 4. The Bertz CT molecular complexity index is 973. The predicted octanol–water partition coefficient (Wildman–Crippen LogP) is 2.28. The van der Waals surface area contributed by atoms with Gasteiger partial charge in [-0.05, 0) is 30.7 Å². The summed E-state index contributed by atoms with van der Waals surface area (Å²) in [6.07, 6.45) is 4.66. The van der Waals surface area contributed by atoms with Crippen LogP contribution in [0.15, 0.2) is 57.9 Å². The van der Waals surface area contributed by atoms with Crippen molar-refractivity contribution in [2.75, 3.05) is 24.6 Å². The average molecular weight is 337 g/mol. The molecular formula is C19H19N3O3. The molecule has 0 saturated carbocycles. The highest BCUT2D eigenvalue weighted by atomic mass is 16.3. The van der Waals surface area contributed by atoms with E-state index >= 15 is 0 Å². The lowest BCUT2D eigenvalue weighted by molar-refractivity contribution is 0.274. The number of hydrogen-bond donors (Lipinski definition) is 1. The van der Waals surface area contributed by atoms with Gasteiger partial charge in [0.05, 0.1) is 30.3 Å². The Morgan fingerprint density at radius 1 is 1.20 bits per heavy atom. The third-order valence-electron chi connectivity index (χ3n) is 4.44. The molecule has 0 radical (unpaired) electrons. The summed E-state index contributed by atoms with van der Waals surface area (Å²) in [5, 5.41) is 9.98. The highest BCUT2D eigenvalue weighted by Crippen LogP contribution is 2.25. The topological polar surface area (TPSA) is 71.5 Å². The summed E-state index contributed by atoms with van der Waals surface area (Å²) in [5.41, 5.74) is 1.63. The number of furan rings is 1. The van der Waals surface area contributed by atoms with Crippen LogP contribution in [-0.4, -0.2) is 34.4 Å². The predicted molar refractivity (Wildman–Crippen MR) is 96.6 cm³/mol. The standard InChI is InChI=1S/C19H19N3O3/c23-11-10-22-18(24)15-6-1-2-7-16(15)20-19(22)21-9-3-5-14(13-21)17-8-4-12-25-17/h1-2,4-8,12,23H,3,9-11,13H2. The molecule has 1 aliphatic heterocycles. The second kappa shape index (κ2) is 6.57. The van der Waals surface area contributed by atoms with Gasteiger partial charge in [0.2, 0.25) is 5.95 Å². The average Bonchev–Trinajstić information content (AvgIpc) is 3.19. The summed E-state index contributed by atoms with van der Waals surface area (Å²) in [4.78, 5) is 19.6. The van der Waals surface area contributed by atoms with Gasteiger partial charge in [-0.3, -0.25) is 9.36 Å². The summed E-state index contributed by atoms with van der Waals surface area (Å²) in [6.45, 7) is 1.49. The molecule has 0 aliphatic carbocycles. The van der Waals surface area contributed by atoms with Crippen molar-refractivity contribution < 1.29 is 9.52 Å². The maximum Gasteiger partial charge on any atom is 0.262 e. The van der Waals surface area contributed by atoms with E-state index < -0.39 is 0 Å². The Kier molecular flexibility index (Phi) is 4.11. The third-order valence-corrected chi connectivity index (χ3v) is 4.44. The van der Waals surface area contributed by atoms with Crippen LogP contribution in [0.2, 0.25) is 0 Å². The highest BCUT2D eigenvalue weighted by molar-refractivity contribution is 5.79. The second-order valence-corrected chi connectivity index (χ2v) is 6.03. The zero-order chi connectivity index (χ0) is 17.2. The minimum Gasteiger partial charge on any atom is -0.465 e. The molecule has 0 unspecified atom stereocenters. The number of anilines is 1. The van der Waals surface area contributed by atoms with E-state index in [0.29, 0.717) is 23.4 Å². The van der Waals surface area contributed by atoms with Gasteiger partial charge < -0.3 is 14.4 Å². The van der Waals surface area contributed by atoms with E-state index in [9.17, 15) is 9.90 Å². The minimum atomic E-state index is -0.122. The van der Waals surface area contributed by atoms with Crippen LogP contribution < -0.4 is 10.5 Å². The summed E-state index contributed by atoms with van der Waals surface area (Å²) < 4.78 is 7.07. The minimum absolute atomic E-state index is 0.109. The summed E-state index contributed by atoms with van der Waals surface area (Å²) in [5.74, 6) is 1.43. The number of nitrogens with zero attached hydrogens (tertiary/aromatic N) is 3. The lowest BCUT2D eigenvalue weighted by Crippen LogP contribution is -2.36. The molecular weight excluding hydrogens is 318 g/mol. The summed E-state index contributed by atoms with van der Waals surface area (Å²) in [7, 11) is 0. The van der Waals surface area contributed by atoms with E-state index in [1.54, 1.807) is 16.9 Å². The molecule has 3 heterocycles. The Morgan fingerprint density at radius 2 is 2.08 bits per heavy atom. The van der Waals surface area contributed by atoms with Crippen molar-refractivity contribution in [3.8, 4) is 0 Å². The number of benzene rings is 1. The van der Waals surface area contributed by atoms with Gasteiger partial charge in [0.15, 0.2) is 0 Å². The number of fused-ring (bicyclic) bond motifs is 1. The van der Waals surface area contributed by atoms with Crippen LogP contribution >= 0.6 is 0 Å². The first-order chi connectivity index (χ1) is 12.3. The molecule has 1 aliphatic rings. The molecule has 1 N–H and O–H groups in total. The maximum absolute atomic E-state index is 12.8. The lowest BCUT2D eigenvalue weighted by atomic mass is 10.1. The molecule has 0 atom stereocenters. The number of hydrogen-bond acceptors (Lipinski definition) is 5. The van der Waals surface area contributed by atoms with Gasteiger partial charge >= 0.3 is 0 Å². The van der Waals surface area contributed by atoms with Crippen LogP contribution in [0.4, 0.5) is 5.95 Å². The van der Waals surface area contributed by atoms with Gasteiger partial charge in [0.1, 0.15) is 5.76 Å². The van der Waals surface area contributed by atoms with E-state index in [1.807, 2.05) is 30.3 Å². The van der Waals surface area contributed by atoms with Crippen molar-refractivity contribution in [1.29, 1.82) is 0 Å². The molecule has 2 aromatic heterocycles. The van der Waals surface area contributed by atoms with Crippen LogP contribution in [0.5, 0.6) is 0 Å². The Labute approximate surface area is 144 Å². The van der Waals surface area contributed by atoms with Crippen LogP contribution in [0.1, 0.15) is 12.2 Å². The van der Waals surface area contributed by atoms with E-state index in [4.69, 9.17) is 9.40 Å². The van der Waals surface area contributed by atoms with Gasteiger partial charge in [-0.2, -0.15) is 0 Å². The van der Waals surface area contributed by atoms with E-state index in [2.05, 4.69) is 11.0 Å². The molecule has 128 valence electrons. The first-order valence-corrected chi connectivity index (χ1v) is 8.36. The van der Waals surface area contributed by atoms with Crippen LogP contribution in [-0.2, 0) is 6.54 Å².